The largest absolute Gasteiger partial charge is 0.389 e. The van der Waals surface area contributed by atoms with Crippen LogP contribution >= 0.6 is 0 Å². The van der Waals surface area contributed by atoms with Gasteiger partial charge in [-0.15, -0.1) is 0 Å². The van der Waals surface area contributed by atoms with Gasteiger partial charge in [0.15, 0.2) is 0 Å². The average molecular weight is 206 g/mol. The topological polar surface area (TPSA) is 36.4 Å². The molecule has 82 valence electrons. The standard InChI is InChI=1S/C12H18N2O/c1-10(15)11-6-5-7-13-12(11)14-8-3-2-4-9-14/h5-7,10,15H,2-4,8-9H2,1H3/t10-/m1/s1. The number of piperidine rings is 1. The van der Waals surface area contributed by atoms with Crippen LogP contribution in [-0.4, -0.2) is 23.2 Å². The lowest BCUT2D eigenvalue weighted by atomic mass is 10.1. The summed E-state index contributed by atoms with van der Waals surface area (Å²) in [4.78, 5) is 6.67. The summed E-state index contributed by atoms with van der Waals surface area (Å²) in [5, 5.41) is 9.67. The highest BCUT2D eigenvalue weighted by atomic mass is 16.3. The molecule has 1 fully saturated rings. The molecule has 1 saturated heterocycles. The van der Waals surface area contributed by atoms with Gasteiger partial charge in [-0.3, -0.25) is 0 Å². The summed E-state index contributed by atoms with van der Waals surface area (Å²) in [6, 6.07) is 3.84. The average Bonchev–Trinajstić information content (AvgIpc) is 2.30. The third-order valence-electron chi connectivity index (χ3n) is 2.92. The molecule has 0 bridgehead atoms. The minimum Gasteiger partial charge on any atom is -0.389 e. The Hall–Kier alpha value is -1.09. The van der Waals surface area contributed by atoms with Gasteiger partial charge in [0.2, 0.25) is 0 Å². The van der Waals surface area contributed by atoms with E-state index in [1.807, 2.05) is 12.1 Å². The number of nitrogens with zero attached hydrogens (tertiary/aromatic N) is 2. The first-order valence-corrected chi connectivity index (χ1v) is 5.67. The van der Waals surface area contributed by atoms with Crippen LogP contribution in [0.1, 0.15) is 37.9 Å². The summed E-state index contributed by atoms with van der Waals surface area (Å²) in [6.07, 6.45) is 5.14. The number of hydrogen-bond donors (Lipinski definition) is 1. The first-order chi connectivity index (χ1) is 7.29. The van der Waals surface area contributed by atoms with Crippen molar-refractivity contribution in [1.29, 1.82) is 0 Å². The molecule has 0 unspecified atom stereocenters. The van der Waals surface area contributed by atoms with Gasteiger partial charge in [0.1, 0.15) is 5.82 Å². The van der Waals surface area contributed by atoms with Crippen molar-refractivity contribution in [2.45, 2.75) is 32.3 Å². The van der Waals surface area contributed by atoms with Crippen LogP contribution in [0.4, 0.5) is 5.82 Å². The van der Waals surface area contributed by atoms with E-state index in [0.717, 1.165) is 24.5 Å². The summed E-state index contributed by atoms with van der Waals surface area (Å²) >= 11 is 0. The Morgan fingerprint density at radius 1 is 1.33 bits per heavy atom. The molecule has 0 saturated carbocycles. The van der Waals surface area contributed by atoms with Crippen LogP contribution in [0, 0.1) is 0 Å². The number of aliphatic hydroxyl groups excluding tert-OH is 1. The highest BCUT2D eigenvalue weighted by Gasteiger charge is 2.17. The van der Waals surface area contributed by atoms with E-state index in [0.29, 0.717) is 0 Å². The van der Waals surface area contributed by atoms with Crippen LogP contribution in [0.3, 0.4) is 0 Å². The van der Waals surface area contributed by atoms with E-state index in [9.17, 15) is 5.11 Å². The lowest BCUT2D eigenvalue weighted by molar-refractivity contribution is 0.199. The normalized spacial score (nSPS) is 18.9. The molecular weight excluding hydrogens is 188 g/mol. The molecule has 1 aliphatic rings. The van der Waals surface area contributed by atoms with Crippen molar-refractivity contribution in [3.63, 3.8) is 0 Å². The monoisotopic (exact) mass is 206 g/mol. The Kier molecular flexibility index (Phi) is 3.21. The molecule has 1 aliphatic heterocycles. The Morgan fingerprint density at radius 2 is 2.07 bits per heavy atom. The quantitative estimate of drug-likeness (QED) is 0.805. The highest BCUT2D eigenvalue weighted by Crippen LogP contribution is 2.25. The molecule has 0 spiro atoms. The summed E-state index contributed by atoms with van der Waals surface area (Å²) in [6.45, 7) is 3.93. The van der Waals surface area contributed by atoms with Crippen molar-refractivity contribution in [3.8, 4) is 0 Å². The number of anilines is 1. The van der Waals surface area contributed by atoms with Crippen molar-refractivity contribution in [3.05, 3.63) is 23.9 Å². The summed E-state index contributed by atoms with van der Waals surface area (Å²) < 4.78 is 0. The van der Waals surface area contributed by atoms with Gasteiger partial charge in [-0.2, -0.15) is 0 Å². The Balaban J connectivity index is 2.25. The van der Waals surface area contributed by atoms with Crippen LogP contribution in [0.15, 0.2) is 18.3 Å². The van der Waals surface area contributed by atoms with Crippen molar-refractivity contribution >= 4 is 5.82 Å². The molecule has 0 radical (unpaired) electrons. The van der Waals surface area contributed by atoms with Gasteiger partial charge >= 0.3 is 0 Å². The zero-order valence-electron chi connectivity index (χ0n) is 9.19. The lowest BCUT2D eigenvalue weighted by Gasteiger charge is -2.29. The molecule has 15 heavy (non-hydrogen) atoms. The van der Waals surface area contributed by atoms with Crippen LogP contribution < -0.4 is 4.90 Å². The molecular formula is C12H18N2O. The van der Waals surface area contributed by atoms with E-state index in [1.165, 1.54) is 19.3 Å². The molecule has 3 nitrogen and oxygen atoms in total. The molecule has 0 amide bonds. The SMILES string of the molecule is C[C@@H](O)c1cccnc1N1CCCCC1. The van der Waals surface area contributed by atoms with Gasteiger partial charge < -0.3 is 10.0 Å². The van der Waals surface area contributed by atoms with Crippen LogP contribution in [0.5, 0.6) is 0 Å². The first-order valence-electron chi connectivity index (χ1n) is 5.67. The number of aliphatic hydroxyl groups is 1. The van der Waals surface area contributed by atoms with Crippen LogP contribution in [0.25, 0.3) is 0 Å². The van der Waals surface area contributed by atoms with Gasteiger partial charge in [-0.1, -0.05) is 6.07 Å². The number of rotatable bonds is 2. The molecule has 1 aromatic rings. The molecule has 1 N–H and O–H groups in total. The fraction of sp³-hybridized carbons (Fsp3) is 0.583. The zero-order valence-corrected chi connectivity index (χ0v) is 9.19. The fourth-order valence-electron chi connectivity index (χ4n) is 2.11. The van der Waals surface area contributed by atoms with Crippen LogP contribution in [0.2, 0.25) is 0 Å². The molecule has 1 atom stereocenters. The second-order valence-corrected chi connectivity index (χ2v) is 4.14. The van der Waals surface area contributed by atoms with E-state index in [-0.39, 0.29) is 0 Å². The summed E-state index contributed by atoms with van der Waals surface area (Å²) in [5.41, 5.74) is 0.944. The van der Waals surface area contributed by atoms with E-state index in [1.54, 1.807) is 13.1 Å². The van der Waals surface area contributed by atoms with E-state index in [4.69, 9.17) is 0 Å². The van der Waals surface area contributed by atoms with Gasteiger partial charge in [0, 0.05) is 24.8 Å². The van der Waals surface area contributed by atoms with Gasteiger partial charge in [0.05, 0.1) is 6.10 Å². The molecule has 1 aromatic heterocycles. The number of pyridine rings is 1. The minimum atomic E-state index is -0.435. The summed E-state index contributed by atoms with van der Waals surface area (Å²) in [7, 11) is 0. The fourth-order valence-corrected chi connectivity index (χ4v) is 2.11. The molecule has 2 rings (SSSR count). The van der Waals surface area contributed by atoms with Crippen molar-refractivity contribution in [2.24, 2.45) is 0 Å². The molecule has 0 aromatic carbocycles. The third kappa shape index (κ3) is 2.29. The van der Waals surface area contributed by atoms with Crippen molar-refractivity contribution in [1.82, 2.24) is 4.98 Å². The third-order valence-corrected chi connectivity index (χ3v) is 2.92. The Bertz CT molecular complexity index is 319. The van der Waals surface area contributed by atoms with Crippen molar-refractivity contribution in [2.75, 3.05) is 18.0 Å². The van der Waals surface area contributed by atoms with Crippen LogP contribution in [-0.2, 0) is 0 Å². The predicted molar refractivity (Wildman–Crippen MR) is 60.9 cm³/mol. The molecule has 0 aliphatic carbocycles. The van der Waals surface area contributed by atoms with E-state index >= 15 is 0 Å². The molecule has 3 heteroatoms. The van der Waals surface area contributed by atoms with Crippen molar-refractivity contribution < 1.29 is 5.11 Å². The number of hydrogen-bond acceptors (Lipinski definition) is 3. The minimum absolute atomic E-state index is 0.435. The van der Waals surface area contributed by atoms with Gasteiger partial charge in [-0.25, -0.2) is 4.98 Å². The summed E-state index contributed by atoms with van der Waals surface area (Å²) in [5.74, 6) is 0.965. The number of aromatic nitrogens is 1. The molecule has 2 heterocycles. The Labute approximate surface area is 90.8 Å². The second kappa shape index (κ2) is 4.62. The predicted octanol–water partition coefficient (Wildman–Crippen LogP) is 2.13. The van der Waals surface area contributed by atoms with E-state index in [2.05, 4.69) is 9.88 Å². The first kappa shape index (κ1) is 10.4. The Morgan fingerprint density at radius 3 is 2.73 bits per heavy atom. The smallest absolute Gasteiger partial charge is 0.134 e. The second-order valence-electron chi connectivity index (χ2n) is 4.14. The van der Waals surface area contributed by atoms with E-state index < -0.39 is 6.10 Å². The lowest BCUT2D eigenvalue weighted by Crippen LogP contribution is -2.31. The maximum atomic E-state index is 9.67. The zero-order chi connectivity index (χ0) is 10.7. The van der Waals surface area contributed by atoms with Gasteiger partial charge in [-0.05, 0) is 32.3 Å². The maximum absolute atomic E-state index is 9.67. The maximum Gasteiger partial charge on any atom is 0.134 e. The highest BCUT2D eigenvalue weighted by molar-refractivity contribution is 5.47. The van der Waals surface area contributed by atoms with Gasteiger partial charge in [0.25, 0.3) is 0 Å².